The third-order valence-electron chi connectivity index (χ3n) is 3.66. The Morgan fingerprint density at radius 2 is 1.57 bits per heavy atom. The van der Waals surface area contributed by atoms with Crippen molar-refractivity contribution in [2.75, 3.05) is 13.1 Å². The summed E-state index contributed by atoms with van der Waals surface area (Å²) >= 11 is 0. The molecule has 1 rings (SSSR count). The lowest BCUT2D eigenvalue weighted by Gasteiger charge is -2.27. The van der Waals surface area contributed by atoms with E-state index in [-0.39, 0.29) is 18.6 Å². The van der Waals surface area contributed by atoms with Gasteiger partial charge in [-0.05, 0) is 60.5 Å². The number of benzene rings is 1. The van der Waals surface area contributed by atoms with E-state index in [4.69, 9.17) is 9.47 Å². The molecule has 1 N–H and O–H groups in total. The first-order valence-electron chi connectivity index (χ1n) is 9.82. The molecular weight excluding hydrogens is 356 g/mol. The van der Waals surface area contributed by atoms with E-state index in [1.54, 1.807) is 0 Å². The minimum atomic E-state index is -0.528. The lowest BCUT2D eigenvalue weighted by molar-refractivity contribution is -0.156. The first-order chi connectivity index (χ1) is 12.8. The molecule has 0 fully saturated rings. The van der Waals surface area contributed by atoms with Gasteiger partial charge in [0.2, 0.25) is 0 Å². The van der Waals surface area contributed by atoms with E-state index in [1.165, 1.54) is 0 Å². The van der Waals surface area contributed by atoms with Gasteiger partial charge in [-0.1, -0.05) is 30.3 Å². The molecule has 0 bridgehead atoms. The summed E-state index contributed by atoms with van der Waals surface area (Å²) in [5.41, 5.74) is 0.0832. The SMILES string of the molecule is C[C@H](CCN(CC(=O)OC(C)(C)C)Cc1ccccc1)NC(=O)OC(C)(C)C. The topological polar surface area (TPSA) is 67.9 Å². The Labute approximate surface area is 169 Å². The van der Waals surface area contributed by atoms with Crippen molar-refractivity contribution >= 4 is 12.1 Å². The van der Waals surface area contributed by atoms with Gasteiger partial charge in [-0.25, -0.2) is 4.79 Å². The minimum absolute atomic E-state index is 0.0771. The molecule has 6 heteroatoms. The third kappa shape index (κ3) is 11.6. The van der Waals surface area contributed by atoms with Crippen LogP contribution >= 0.6 is 0 Å². The van der Waals surface area contributed by atoms with Gasteiger partial charge in [-0.2, -0.15) is 0 Å². The van der Waals surface area contributed by atoms with Crippen molar-refractivity contribution < 1.29 is 19.1 Å². The van der Waals surface area contributed by atoms with Crippen molar-refractivity contribution in [1.29, 1.82) is 0 Å². The van der Waals surface area contributed by atoms with Crippen LogP contribution in [0.15, 0.2) is 30.3 Å². The van der Waals surface area contributed by atoms with Crippen LogP contribution < -0.4 is 5.32 Å². The number of ether oxygens (including phenoxy) is 2. The standard InChI is InChI=1S/C22H36N2O4/c1-17(23-20(26)28-22(5,6)7)13-14-24(15-18-11-9-8-10-12-18)16-19(25)27-21(2,3)4/h8-12,17H,13-16H2,1-7H3,(H,23,26)/t17-/m1/s1. The van der Waals surface area contributed by atoms with Gasteiger partial charge in [0.1, 0.15) is 11.2 Å². The molecule has 0 spiro atoms. The number of esters is 1. The highest BCUT2D eigenvalue weighted by molar-refractivity contribution is 5.72. The van der Waals surface area contributed by atoms with Crippen molar-refractivity contribution in [2.24, 2.45) is 0 Å². The fraction of sp³-hybridized carbons (Fsp3) is 0.636. The number of rotatable bonds is 8. The molecule has 6 nitrogen and oxygen atoms in total. The van der Waals surface area contributed by atoms with Gasteiger partial charge in [-0.3, -0.25) is 9.69 Å². The molecule has 1 aromatic carbocycles. The summed E-state index contributed by atoms with van der Waals surface area (Å²) in [6.45, 7) is 14.5. The smallest absolute Gasteiger partial charge is 0.407 e. The Hall–Kier alpha value is -2.08. The zero-order valence-corrected chi connectivity index (χ0v) is 18.4. The number of hydrogen-bond acceptors (Lipinski definition) is 5. The largest absolute Gasteiger partial charge is 0.459 e. The second-order valence-electron chi connectivity index (χ2n) is 9.12. The van der Waals surface area contributed by atoms with Crippen LogP contribution in [0.2, 0.25) is 0 Å². The molecule has 0 aliphatic carbocycles. The average molecular weight is 393 g/mol. The summed E-state index contributed by atoms with van der Waals surface area (Å²) in [7, 11) is 0. The fourth-order valence-corrected chi connectivity index (χ4v) is 2.57. The molecule has 0 aliphatic rings. The predicted octanol–water partition coefficient (Wildman–Crippen LogP) is 4.13. The zero-order chi connectivity index (χ0) is 21.4. The molecule has 1 amide bonds. The Bertz CT molecular complexity index is 618. The number of alkyl carbamates (subject to hydrolysis) is 1. The summed E-state index contributed by atoms with van der Waals surface area (Å²) in [5, 5.41) is 2.84. The highest BCUT2D eigenvalue weighted by Crippen LogP contribution is 2.11. The summed E-state index contributed by atoms with van der Waals surface area (Å²) in [4.78, 5) is 26.2. The van der Waals surface area contributed by atoms with Crippen LogP contribution in [0.4, 0.5) is 4.79 Å². The number of nitrogens with one attached hydrogen (secondary N) is 1. The predicted molar refractivity (Wildman–Crippen MR) is 111 cm³/mol. The van der Waals surface area contributed by atoms with Gasteiger partial charge in [-0.15, -0.1) is 0 Å². The van der Waals surface area contributed by atoms with Gasteiger partial charge in [0.05, 0.1) is 6.54 Å². The van der Waals surface area contributed by atoms with Crippen LogP contribution in [0, 0.1) is 0 Å². The number of nitrogens with zero attached hydrogens (tertiary/aromatic N) is 1. The minimum Gasteiger partial charge on any atom is -0.459 e. The number of amides is 1. The summed E-state index contributed by atoms with van der Waals surface area (Å²) in [6, 6.07) is 9.91. The summed E-state index contributed by atoms with van der Waals surface area (Å²) < 4.78 is 10.8. The molecule has 0 aliphatic heterocycles. The van der Waals surface area contributed by atoms with E-state index in [0.717, 1.165) is 5.56 Å². The van der Waals surface area contributed by atoms with E-state index >= 15 is 0 Å². The maximum Gasteiger partial charge on any atom is 0.407 e. The monoisotopic (exact) mass is 392 g/mol. The summed E-state index contributed by atoms with van der Waals surface area (Å²) in [5.74, 6) is -0.254. The molecule has 1 aromatic rings. The number of hydrogen-bond donors (Lipinski definition) is 1. The summed E-state index contributed by atoms with van der Waals surface area (Å²) in [6.07, 6.45) is 0.260. The zero-order valence-electron chi connectivity index (χ0n) is 18.4. The van der Waals surface area contributed by atoms with Gasteiger partial charge < -0.3 is 14.8 Å². The first-order valence-corrected chi connectivity index (χ1v) is 9.82. The quantitative estimate of drug-likeness (QED) is 0.674. The molecule has 0 radical (unpaired) electrons. The highest BCUT2D eigenvalue weighted by Gasteiger charge is 2.21. The molecular formula is C22H36N2O4. The first kappa shape index (κ1) is 24.0. The van der Waals surface area contributed by atoms with Crippen molar-refractivity contribution in [2.45, 2.75) is 78.7 Å². The highest BCUT2D eigenvalue weighted by atomic mass is 16.6. The second-order valence-corrected chi connectivity index (χ2v) is 9.12. The van der Waals surface area contributed by atoms with E-state index in [2.05, 4.69) is 5.32 Å². The van der Waals surface area contributed by atoms with Crippen LogP contribution in [0.5, 0.6) is 0 Å². The van der Waals surface area contributed by atoms with E-state index in [9.17, 15) is 9.59 Å². The van der Waals surface area contributed by atoms with Crippen LogP contribution in [-0.2, 0) is 20.8 Å². The fourth-order valence-electron chi connectivity index (χ4n) is 2.57. The Morgan fingerprint density at radius 3 is 2.11 bits per heavy atom. The van der Waals surface area contributed by atoms with Crippen LogP contribution in [0.25, 0.3) is 0 Å². The Balaban J connectivity index is 2.63. The molecule has 0 heterocycles. The van der Waals surface area contributed by atoms with E-state index < -0.39 is 17.3 Å². The van der Waals surface area contributed by atoms with Gasteiger partial charge in [0.15, 0.2) is 0 Å². The normalized spacial score (nSPS) is 13.1. The molecule has 0 aromatic heterocycles. The van der Waals surface area contributed by atoms with Gasteiger partial charge in [0, 0.05) is 19.1 Å². The molecule has 28 heavy (non-hydrogen) atoms. The van der Waals surface area contributed by atoms with E-state index in [1.807, 2.05) is 83.7 Å². The van der Waals surface area contributed by atoms with Crippen molar-refractivity contribution in [3.63, 3.8) is 0 Å². The second kappa shape index (κ2) is 10.5. The third-order valence-corrected chi connectivity index (χ3v) is 3.66. The van der Waals surface area contributed by atoms with Crippen LogP contribution in [0.3, 0.4) is 0 Å². The van der Waals surface area contributed by atoms with Crippen molar-refractivity contribution in [3.05, 3.63) is 35.9 Å². The molecule has 158 valence electrons. The van der Waals surface area contributed by atoms with Crippen molar-refractivity contribution in [3.8, 4) is 0 Å². The van der Waals surface area contributed by atoms with Crippen molar-refractivity contribution in [1.82, 2.24) is 10.2 Å². The molecule has 0 saturated heterocycles. The Kier molecular flexibility index (Phi) is 8.95. The Morgan fingerprint density at radius 1 is 1.00 bits per heavy atom. The lowest BCUT2D eigenvalue weighted by atomic mass is 10.1. The lowest BCUT2D eigenvalue weighted by Crippen LogP contribution is -2.40. The average Bonchev–Trinajstić information content (AvgIpc) is 2.49. The van der Waals surface area contributed by atoms with Crippen LogP contribution in [-0.4, -0.2) is 47.3 Å². The van der Waals surface area contributed by atoms with E-state index in [0.29, 0.717) is 19.5 Å². The van der Waals surface area contributed by atoms with Gasteiger partial charge >= 0.3 is 12.1 Å². The molecule has 0 saturated carbocycles. The molecule has 1 atom stereocenters. The maximum atomic E-state index is 12.3. The maximum absolute atomic E-state index is 12.3. The van der Waals surface area contributed by atoms with Crippen LogP contribution in [0.1, 0.15) is 60.5 Å². The number of carbonyl (C=O) groups is 2. The van der Waals surface area contributed by atoms with Gasteiger partial charge in [0.25, 0.3) is 0 Å². The molecule has 0 unspecified atom stereocenters. The number of carbonyl (C=O) groups excluding carboxylic acids is 2.